The average Bonchev–Trinajstić information content (AvgIpc) is 2.03. The first-order valence-corrected chi connectivity index (χ1v) is 7.61. The van der Waals surface area contributed by atoms with Gasteiger partial charge >= 0.3 is 82.6 Å². The van der Waals surface area contributed by atoms with Gasteiger partial charge in [-0.1, -0.05) is 0 Å². The number of sulfone groups is 1. The molecule has 0 radical (unpaired) electrons. The molecule has 0 fully saturated rings. The molecule has 0 saturated carbocycles. The molecule has 0 amide bonds. The molecule has 1 aromatic rings. The average molecular weight is 316 g/mol. The third kappa shape index (κ3) is 3.88. The van der Waals surface area contributed by atoms with Crippen molar-refractivity contribution in [3.8, 4) is 0 Å². The fourth-order valence-electron chi connectivity index (χ4n) is 0.903. The fraction of sp³-hybridized carbons (Fsp3) is 0.250. The first-order valence-electron chi connectivity index (χ1n) is 3.62. The second-order valence-corrected chi connectivity index (χ2v) is 5.73. The van der Waals surface area contributed by atoms with Crippen LogP contribution in [-0.2, 0) is 33.2 Å². The second kappa shape index (κ2) is 5.23. The number of benzene rings is 1. The van der Waals surface area contributed by atoms with Gasteiger partial charge in [0.2, 0.25) is 0 Å². The van der Waals surface area contributed by atoms with Gasteiger partial charge in [0.15, 0.2) is 0 Å². The van der Waals surface area contributed by atoms with Gasteiger partial charge in [-0.3, -0.25) is 0 Å². The Balaban J connectivity index is 0.00000144. The summed E-state index contributed by atoms with van der Waals surface area (Å²) in [6, 6.07) is 7.08. The van der Waals surface area contributed by atoms with E-state index in [2.05, 4.69) is 0 Å². The van der Waals surface area contributed by atoms with E-state index in [4.69, 9.17) is 0 Å². The third-order valence-corrected chi connectivity index (χ3v) is 3.98. The van der Waals surface area contributed by atoms with Gasteiger partial charge in [0.25, 0.3) is 0 Å². The van der Waals surface area contributed by atoms with Gasteiger partial charge in [-0.25, -0.2) is 0 Å². The second-order valence-electron chi connectivity index (χ2n) is 2.67. The quantitative estimate of drug-likeness (QED) is 0.779. The van der Waals surface area contributed by atoms with E-state index in [0.717, 1.165) is 5.02 Å². The van der Waals surface area contributed by atoms with Gasteiger partial charge in [-0.15, -0.1) is 17.0 Å². The van der Waals surface area contributed by atoms with Crippen molar-refractivity contribution in [1.82, 2.24) is 0 Å². The van der Waals surface area contributed by atoms with Crippen LogP contribution < -0.4 is 0 Å². The number of hydrogen-bond donors (Lipinski definition) is 0. The van der Waals surface area contributed by atoms with Gasteiger partial charge in [0.05, 0.1) is 0 Å². The summed E-state index contributed by atoms with van der Waals surface area (Å²) in [5.41, 5.74) is 1.21. The predicted molar refractivity (Wildman–Crippen MR) is 53.6 cm³/mol. The number of halogens is 1. The summed E-state index contributed by atoms with van der Waals surface area (Å²) in [7, 11) is -3.02. The zero-order valence-electron chi connectivity index (χ0n) is 7.36. The molecule has 2 nitrogen and oxygen atoms in total. The van der Waals surface area contributed by atoms with Gasteiger partial charge in [-0.2, -0.15) is 0 Å². The van der Waals surface area contributed by atoms with E-state index in [1.807, 2.05) is 12.1 Å². The topological polar surface area (TPSA) is 34.1 Å². The predicted octanol–water partition coefficient (Wildman–Crippen LogP) is 1.71. The van der Waals surface area contributed by atoms with Crippen molar-refractivity contribution in [3.05, 3.63) is 29.8 Å². The molecular formula is C8H10BrO2SZn. The zero-order valence-corrected chi connectivity index (χ0v) is 12.9. The van der Waals surface area contributed by atoms with Crippen LogP contribution >= 0.6 is 17.0 Å². The van der Waals surface area contributed by atoms with E-state index in [0.29, 0.717) is 4.90 Å². The van der Waals surface area contributed by atoms with Crippen molar-refractivity contribution in [2.45, 2.75) is 9.91 Å². The molecule has 1 rings (SSSR count). The Morgan fingerprint density at radius 2 is 1.69 bits per heavy atom. The van der Waals surface area contributed by atoms with Crippen LogP contribution in [0, 0.1) is 0 Å². The molecule has 69 valence electrons. The Bertz CT molecular complexity index is 358. The first-order chi connectivity index (χ1) is 5.54. The van der Waals surface area contributed by atoms with Crippen LogP contribution in [0.25, 0.3) is 0 Å². The molecule has 0 unspecified atom stereocenters. The van der Waals surface area contributed by atoms with Crippen molar-refractivity contribution < 1.29 is 26.7 Å². The maximum absolute atomic E-state index is 11.0. The summed E-state index contributed by atoms with van der Waals surface area (Å²) >= 11 is 1.21. The van der Waals surface area contributed by atoms with Crippen LogP contribution in [0.4, 0.5) is 0 Å². The molecule has 0 bridgehead atoms. The Kier molecular flexibility index (Phi) is 5.34. The normalized spacial score (nSPS) is 10.7. The first kappa shape index (κ1) is 13.3. The Labute approximate surface area is 99.1 Å². The van der Waals surface area contributed by atoms with Crippen molar-refractivity contribution in [2.24, 2.45) is 0 Å². The van der Waals surface area contributed by atoms with Gasteiger partial charge in [-0.05, 0) is 0 Å². The Hall–Kier alpha value is 0.273. The van der Waals surface area contributed by atoms with Crippen LogP contribution in [0.3, 0.4) is 0 Å². The summed E-state index contributed by atoms with van der Waals surface area (Å²) in [5.74, 6) is 0. The fourth-order valence-corrected chi connectivity index (χ4v) is 2.23. The summed E-state index contributed by atoms with van der Waals surface area (Å²) < 4.78 is 22.1. The molecule has 13 heavy (non-hydrogen) atoms. The Morgan fingerprint density at radius 1 is 1.23 bits per heavy atom. The summed E-state index contributed by atoms with van der Waals surface area (Å²) in [4.78, 5) is 0.403. The molecule has 0 aliphatic heterocycles. The summed E-state index contributed by atoms with van der Waals surface area (Å²) in [6.45, 7) is 0. The maximum atomic E-state index is 11.0. The van der Waals surface area contributed by atoms with E-state index < -0.39 is 9.84 Å². The van der Waals surface area contributed by atoms with Crippen LogP contribution in [0.5, 0.6) is 0 Å². The SMILES string of the molecule is Br.CS(=O)(=O)c1ccc([CH2][Zn])cc1. The van der Waals surface area contributed by atoms with Crippen molar-refractivity contribution >= 4 is 26.8 Å². The molecule has 5 heteroatoms. The molecule has 0 spiro atoms. The molecule has 0 aliphatic carbocycles. The minimum atomic E-state index is -3.02. The van der Waals surface area contributed by atoms with Gasteiger partial charge in [0, 0.05) is 0 Å². The molecule has 0 atom stereocenters. The monoisotopic (exact) mass is 313 g/mol. The van der Waals surface area contributed by atoms with Crippen molar-refractivity contribution in [1.29, 1.82) is 0 Å². The molecule has 0 heterocycles. The van der Waals surface area contributed by atoms with Crippen LogP contribution in [-0.4, -0.2) is 14.7 Å². The molecule has 0 aliphatic rings. The van der Waals surface area contributed by atoms with E-state index in [-0.39, 0.29) is 17.0 Å². The number of rotatable bonds is 2. The summed E-state index contributed by atoms with van der Waals surface area (Å²) in [6.07, 6.45) is 1.22. The van der Waals surface area contributed by atoms with E-state index in [9.17, 15) is 8.42 Å². The van der Waals surface area contributed by atoms with Crippen LogP contribution in [0.2, 0.25) is 0 Å². The molecular weight excluding hydrogens is 305 g/mol. The van der Waals surface area contributed by atoms with E-state index in [1.54, 1.807) is 12.1 Å². The minimum absolute atomic E-state index is 0. The molecule has 0 saturated heterocycles. The molecule has 1 aromatic carbocycles. The summed E-state index contributed by atoms with van der Waals surface area (Å²) in [5, 5.41) is 1.06. The van der Waals surface area contributed by atoms with Crippen molar-refractivity contribution in [2.75, 3.05) is 6.26 Å². The standard InChI is InChI=1S/C8H9O2S.BrH.Zn/c1-7-3-5-8(6-4-7)11(2,9)10;;/h3-6H,1H2,2H3;1H;. The molecule has 0 N–H and O–H groups in total. The van der Waals surface area contributed by atoms with E-state index in [1.165, 1.54) is 30.1 Å². The van der Waals surface area contributed by atoms with Crippen LogP contribution in [0.1, 0.15) is 5.56 Å². The van der Waals surface area contributed by atoms with E-state index >= 15 is 0 Å². The third-order valence-electron chi connectivity index (χ3n) is 1.64. The van der Waals surface area contributed by atoms with Gasteiger partial charge in [0.1, 0.15) is 0 Å². The van der Waals surface area contributed by atoms with Crippen LogP contribution in [0.15, 0.2) is 29.2 Å². The Morgan fingerprint density at radius 3 is 2.00 bits per heavy atom. The molecule has 0 aromatic heterocycles. The van der Waals surface area contributed by atoms with Gasteiger partial charge < -0.3 is 0 Å². The van der Waals surface area contributed by atoms with Crippen molar-refractivity contribution in [3.63, 3.8) is 0 Å². The number of hydrogen-bond acceptors (Lipinski definition) is 2. The zero-order chi connectivity index (χ0) is 9.19.